The molecule has 1 atom stereocenters. The summed E-state index contributed by atoms with van der Waals surface area (Å²) in [5.41, 5.74) is 3.10. The van der Waals surface area contributed by atoms with Crippen LogP contribution >= 0.6 is 23.2 Å². The Morgan fingerprint density at radius 3 is 2.64 bits per heavy atom. The summed E-state index contributed by atoms with van der Waals surface area (Å²) in [6.45, 7) is 9.40. The molecule has 1 aromatic heterocycles. The minimum Gasteiger partial charge on any atom is -0.361 e. The van der Waals surface area contributed by atoms with E-state index in [9.17, 15) is 0 Å². The van der Waals surface area contributed by atoms with Crippen LogP contribution in [-0.2, 0) is 6.42 Å². The molecule has 2 N–H and O–H groups in total. The number of nitrogens with one attached hydrogen (secondary N) is 2. The Hall–Kier alpha value is -1.72. The quantitative estimate of drug-likeness (QED) is 0.571. The second kappa shape index (κ2) is 9.11. The number of halogens is 2. The van der Waals surface area contributed by atoms with Gasteiger partial charge in [0.05, 0.1) is 21.8 Å². The summed E-state index contributed by atoms with van der Waals surface area (Å²) in [5.74, 6) is 1.61. The first-order chi connectivity index (χ1) is 11.9. The lowest BCUT2D eigenvalue weighted by Crippen LogP contribution is -2.38. The molecule has 0 spiro atoms. The predicted molar refractivity (Wildman–Crippen MR) is 104 cm³/mol. The monoisotopic (exact) mass is 382 g/mol. The minimum absolute atomic E-state index is 0.0478. The third kappa shape index (κ3) is 5.38. The van der Waals surface area contributed by atoms with Crippen LogP contribution in [0.4, 0.5) is 0 Å². The summed E-state index contributed by atoms with van der Waals surface area (Å²) in [7, 11) is 0. The van der Waals surface area contributed by atoms with E-state index in [1.807, 2.05) is 32.9 Å². The summed E-state index contributed by atoms with van der Waals surface area (Å²) in [5, 5.41) is 11.7. The second-order valence-electron chi connectivity index (χ2n) is 5.85. The van der Waals surface area contributed by atoms with Gasteiger partial charge in [0.2, 0.25) is 0 Å². The lowest BCUT2D eigenvalue weighted by atomic mass is 10.1. The lowest BCUT2D eigenvalue weighted by molar-refractivity contribution is 0.392. The van der Waals surface area contributed by atoms with E-state index in [0.717, 1.165) is 41.5 Å². The van der Waals surface area contributed by atoms with Gasteiger partial charge in [0.15, 0.2) is 5.96 Å². The molecule has 5 nitrogen and oxygen atoms in total. The number of benzene rings is 1. The molecule has 136 valence electrons. The summed E-state index contributed by atoms with van der Waals surface area (Å²) in [6, 6.07) is 5.68. The van der Waals surface area contributed by atoms with E-state index < -0.39 is 0 Å². The van der Waals surface area contributed by atoms with Crippen LogP contribution in [0, 0.1) is 13.8 Å². The summed E-state index contributed by atoms with van der Waals surface area (Å²) in [6.07, 6.45) is 0.791. The van der Waals surface area contributed by atoms with Crippen molar-refractivity contribution < 1.29 is 4.52 Å². The smallest absolute Gasteiger partial charge is 0.191 e. The maximum absolute atomic E-state index is 6.11. The molecule has 0 aliphatic rings. The van der Waals surface area contributed by atoms with Gasteiger partial charge in [-0.15, -0.1) is 0 Å². The van der Waals surface area contributed by atoms with Crippen molar-refractivity contribution in [1.29, 1.82) is 0 Å². The maximum atomic E-state index is 6.11. The van der Waals surface area contributed by atoms with Gasteiger partial charge in [-0.05, 0) is 51.8 Å². The molecule has 0 saturated carbocycles. The van der Waals surface area contributed by atoms with Gasteiger partial charge in [0.1, 0.15) is 5.76 Å². The van der Waals surface area contributed by atoms with Crippen LogP contribution in [-0.4, -0.2) is 24.2 Å². The van der Waals surface area contributed by atoms with Crippen molar-refractivity contribution in [2.45, 2.75) is 40.2 Å². The Morgan fingerprint density at radius 1 is 1.28 bits per heavy atom. The molecule has 0 aliphatic heterocycles. The van der Waals surface area contributed by atoms with Gasteiger partial charge >= 0.3 is 0 Å². The highest BCUT2D eigenvalue weighted by Crippen LogP contribution is 2.25. The number of hydrogen-bond donors (Lipinski definition) is 2. The molecular weight excluding hydrogens is 359 g/mol. The fraction of sp³-hybridized carbons (Fsp3) is 0.444. The van der Waals surface area contributed by atoms with Gasteiger partial charge in [-0.25, -0.2) is 0 Å². The second-order valence-corrected chi connectivity index (χ2v) is 6.67. The molecule has 2 rings (SSSR count). The molecule has 1 unspecified atom stereocenters. The van der Waals surface area contributed by atoms with Crippen molar-refractivity contribution in [3.63, 3.8) is 0 Å². The molecule has 2 aromatic rings. The lowest BCUT2D eigenvalue weighted by Gasteiger charge is -2.18. The van der Waals surface area contributed by atoms with Gasteiger partial charge < -0.3 is 15.2 Å². The Balaban J connectivity index is 2.02. The third-order valence-electron chi connectivity index (χ3n) is 3.95. The van der Waals surface area contributed by atoms with E-state index in [-0.39, 0.29) is 6.04 Å². The SMILES string of the molecule is CCNC(=NCCc1c(C)noc1C)NC(C)c1ccc(Cl)c(Cl)c1. The van der Waals surface area contributed by atoms with Gasteiger partial charge in [-0.1, -0.05) is 34.4 Å². The summed E-state index contributed by atoms with van der Waals surface area (Å²) in [4.78, 5) is 4.64. The van der Waals surface area contributed by atoms with Crippen LogP contribution in [0.25, 0.3) is 0 Å². The molecule has 1 heterocycles. The van der Waals surface area contributed by atoms with Crippen molar-refractivity contribution in [2.24, 2.45) is 4.99 Å². The fourth-order valence-corrected chi connectivity index (χ4v) is 2.84. The number of aryl methyl sites for hydroxylation is 2. The summed E-state index contributed by atoms with van der Waals surface area (Å²) >= 11 is 12.1. The van der Waals surface area contributed by atoms with Crippen molar-refractivity contribution in [1.82, 2.24) is 15.8 Å². The van der Waals surface area contributed by atoms with Gasteiger partial charge in [-0.2, -0.15) is 0 Å². The van der Waals surface area contributed by atoms with Gasteiger partial charge in [0.25, 0.3) is 0 Å². The first kappa shape index (κ1) is 19.6. The van der Waals surface area contributed by atoms with Crippen molar-refractivity contribution in [2.75, 3.05) is 13.1 Å². The Bertz CT molecular complexity index is 723. The first-order valence-electron chi connectivity index (χ1n) is 8.34. The molecule has 1 aromatic carbocycles. The van der Waals surface area contributed by atoms with Crippen LogP contribution in [0.15, 0.2) is 27.7 Å². The largest absolute Gasteiger partial charge is 0.361 e. The number of nitrogens with zero attached hydrogens (tertiary/aromatic N) is 2. The zero-order chi connectivity index (χ0) is 18.4. The average molecular weight is 383 g/mol. The van der Waals surface area contributed by atoms with Crippen LogP contribution in [0.5, 0.6) is 0 Å². The number of guanidine groups is 1. The van der Waals surface area contributed by atoms with E-state index in [4.69, 9.17) is 27.7 Å². The molecule has 7 heteroatoms. The van der Waals surface area contributed by atoms with E-state index in [0.29, 0.717) is 16.6 Å². The fourth-order valence-electron chi connectivity index (χ4n) is 2.53. The predicted octanol–water partition coefficient (Wildman–Crippen LogP) is 4.46. The highest BCUT2D eigenvalue weighted by molar-refractivity contribution is 6.42. The normalized spacial score (nSPS) is 13.0. The molecule has 25 heavy (non-hydrogen) atoms. The Labute approximate surface area is 158 Å². The average Bonchev–Trinajstić information content (AvgIpc) is 2.89. The van der Waals surface area contributed by atoms with Gasteiger partial charge in [0, 0.05) is 18.7 Å². The molecule has 0 amide bonds. The summed E-state index contributed by atoms with van der Waals surface area (Å²) < 4.78 is 5.19. The molecule has 0 aliphatic carbocycles. The molecule has 0 saturated heterocycles. The standard InChI is InChI=1S/C18H24Cl2N4O/c1-5-21-18(22-9-8-15-12(3)24-25-13(15)4)23-11(2)14-6-7-16(19)17(20)10-14/h6-7,10-11H,5,8-9H2,1-4H3,(H2,21,22,23). The molecule has 0 bridgehead atoms. The Kier molecular flexibility index (Phi) is 7.14. The van der Waals surface area contributed by atoms with Crippen LogP contribution < -0.4 is 10.6 Å². The van der Waals surface area contributed by atoms with Crippen LogP contribution in [0.1, 0.15) is 42.5 Å². The van der Waals surface area contributed by atoms with E-state index >= 15 is 0 Å². The van der Waals surface area contributed by atoms with Crippen molar-refractivity contribution in [3.05, 3.63) is 50.8 Å². The molecule has 0 fully saturated rings. The zero-order valence-corrected chi connectivity index (χ0v) is 16.5. The van der Waals surface area contributed by atoms with E-state index in [1.54, 1.807) is 6.07 Å². The van der Waals surface area contributed by atoms with Gasteiger partial charge in [-0.3, -0.25) is 4.99 Å². The highest BCUT2D eigenvalue weighted by atomic mass is 35.5. The maximum Gasteiger partial charge on any atom is 0.191 e. The van der Waals surface area contributed by atoms with Crippen LogP contribution in [0.2, 0.25) is 10.0 Å². The number of aromatic nitrogens is 1. The van der Waals surface area contributed by atoms with Crippen molar-refractivity contribution in [3.8, 4) is 0 Å². The first-order valence-corrected chi connectivity index (χ1v) is 9.09. The zero-order valence-electron chi connectivity index (χ0n) is 15.0. The number of aliphatic imine (C=N–C) groups is 1. The van der Waals surface area contributed by atoms with E-state index in [1.165, 1.54) is 0 Å². The Morgan fingerprint density at radius 2 is 2.04 bits per heavy atom. The van der Waals surface area contributed by atoms with Crippen LogP contribution in [0.3, 0.4) is 0 Å². The number of rotatable bonds is 6. The third-order valence-corrected chi connectivity index (χ3v) is 4.69. The highest BCUT2D eigenvalue weighted by Gasteiger charge is 2.11. The molecule has 0 radical (unpaired) electrons. The molecular formula is C18H24Cl2N4O. The number of hydrogen-bond acceptors (Lipinski definition) is 3. The van der Waals surface area contributed by atoms with Crippen molar-refractivity contribution >= 4 is 29.2 Å². The minimum atomic E-state index is 0.0478. The topological polar surface area (TPSA) is 62.5 Å². The van der Waals surface area contributed by atoms with E-state index in [2.05, 4.69) is 27.7 Å².